The molecule has 0 aromatic carbocycles. The number of nitrogens with one attached hydrogen (secondary N) is 1. The lowest BCUT2D eigenvalue weighted by Gasteiger charge is -2.12. The minimum Gasteiger partial charge on any atom is -0.480 e. The van der Waals surface area contributed by atoms with Crippen LogP contribution < -0.4 is 16.7 Å². The van der Waals surface area contributed by atoms with E-state index in [4.69, 9.17) is 10.8 Å². The van der Waals surface area contributed by atoms with Gasteiger partial charge in [0.1, 0.15) is 18.9 Å². The summed E-state index contributed by atoms with van der Waals surface area (Å²) in [6.07, 6.45) is 0.680. The van der Waals surface area contributed by atoms with Crippen molar-refractivity contribution in [1.29, 1.82) is 0 Å². The topological polar surface area (TPSA) is 192 Å². The van der Waals surface area contributed by atoms with Crippen LogP contribution in [0.2, 0.25) is 0 Å². The number of carboxylic acid groups (broad SMARTS) is 1. The van der Waals surface area contributed by atoms with Crippen LogP contribution in [0.15, 0.2) is 11.1 Å². The smallest absolute Gasteiger partial charge is 0.353 e. The minimum atomic E-state index is -1.27. The molecule has 1 atom stereocenters. The van der Waals surface area contributed by atoms with Crippen LogP contribution in [0.25, 0.3) is 5.65 Å². The lowest BCUT2D eigenvalue weighted by molar-refractivity contribution is -0.141. The molecule has 26 heavy (non-hydrogen) atoms. The minimum absolute atomic E-state index is 0.136. The summed E-state index contributed by atoms with van der Waals surface area (Å²) in [7, 11) is 0. The molecule has 138 valence electrons. The van der Waals surface area contributed by atoms with Crippen LogP contribution in [0, 0.1) is 0 Å². The predicted molar refractivity (Wildman–Crippen MR) is 83.0 cm³/mol. The Bertz CT molecular complexity index is 946. The highest BCUT2D eigenvalue weighted by molar-refractivity contribution is 5.96. The van der Waals surface area contributed by atoms with Crippen LogP contribution in [0.1, 0.15) is 30.3 Å². The van der Waals surface area contributed by atoms with Gasteiger partial charge in [-0.2, -0.15) is 4.68 Å². The SMILES string of the molecule is CC(=O)N[C@@H](CCC(=O)Cn1nnc2c(C(N)=O)ncn2c1=O)C(=O)O. The van der Waals surface area contributed by atoms with Crippen molar-refractivity contribution in [2.45, 2.75) is 32.4 Å². The Morgan fingerprint density at radius 2 is 2.04 bits per heavy atom. The summed E-state index contributed by atoms with van der Waals surface area (Å²) in [6.45, 7) is 0.700. The van der Waals surface area contributed by atoms with E-state index in [9.17, 15) is 24.0 Å². The third-order valence-electron chi connectivity index (χ3n) is 3.36. The largest absolute Gasteiger partial charge is 0.480 e. The average Bonchev–Trinajstić information content (AvgIpc) is 2.98. The summed E-state index contributed by atoms with van der Waals surface area (Å²) in [4.78, 5) is 61.0. The standard InChI is InChI=1S/C13H15N7O6/c1-6(21)16-8(12(24)25)3-2-7(22)4-20-13(26)19-5-15-9(10(14)23)11(19)17-18-20/h5,8H,2-4H2,1H3,(H2,14,23)(H,16,21)(H,24,25)/t8-/m0/s1. The zero-order chi connectivity index (χ0) is 19.4. The molecule has 2 heterocycles. The van der Waals surface area contributed by atoms with Crippen molar-refractivity contribution in [1.82, 2.24) is 29.7 Å². The second-order valence-electron chi connectivity index (χ2n) is 5.35. The van der Waals surface area contributed by atoms with E-state index in [1.54, 1.807) is 0 Å². The molecule has 0 aliphatic heterocycles. The number of primary amides is 1. The van der Waals surface area contributed by atoms with Gasteiger partial charge in [-0.1, -0.05) is 5.21 Å². The molecule has 0 unspecified atom stereocenters. The maximum absolute atomic E-state index is 12.2. The number of carbonyl (C=O) groups excluding carboxylic acids is 3. The van der Waals surface area contributed by atoms with Gasteiger partial charge in [-0.15, -0.1) is 5.10 Å². The molecule has 0 bridgehead atoms. The van der Waals surface area contributed by atoms with Gasteiger partial charge in [0.25, 0.3) is 5.91 Å². The molecule has 4 N–H and O–H groups in total. The van der Waals surface area contributed by atoms with Crippen LogP contribution in [0.3, 0.4) is 0 Å². The lowest BCUT2D eigenvalue weighted by atomic mass is 10.1. The van der Waals surface area contributed by atoms with E-state index in [1.807, 2.05) is 0 Å². The quantitative estimate of drug-likeness (QED) is 0.447. The number of aliphatic carboxylic acids is 1. The van der Waals surface area contributed by atoms with Gasteiger partial charge < -0.3 is 16.2 Å². The van der Waals surface area contributed by atoms with E-state index >= 15 is 0 Å². The highest BCUT2D eigenvalue weighted by Gasteiger charge is 2.21. The predicted octanol–water partition coefficient (Wildman–Crippen LogP) is -2.68. The monoisotopic (exact) mass is 365 g/mol. The van der Waals surface area contributed by atoms with Crippen molar-refractivity contribution in [2.75, 3.05) is 0 Å². The number of carboxylic acids is 1. The first kappa shape index (κ1) is 18.7. The molecule has 2 aromatic heterocycles. The van der Waals surface area contributed by atoms with Gasteiger partial charge in [-0.05, 0) is 6.42 Å². The first-order valence-corrected chi connectivity index (χ1v) is 7.33. The highest BCUT2D eigenvalue weighted by atomic mass is 16.4. The number of aromatic nitrogens is 5. The zero-order valence-corrected chi connectivity index (χ0v) is 13.6. The van der Waals surface area contributed by atoms with E-state index < -0.39 is 41.8 Å². The molecule has 0 fully saturated rings. The Kier molecular flexibility index (Phi) is 5.39. The van der Waals surface area contributed by atoms with Crippen molar-refractivity contribution in [3.63, 3.8) is 0 Å². The summed E-state index contributed by atoms with van der Waals surface area (Å²) in [6, 6.07) is -1.21. The highest BCUT2D eigenvalue weighted by Crippen LogP contribution is 2.02. The van der Waals surface area contributed by atoms with Crippen molar-refractivity contribution < 1.29 is 24.3 Å². The number of hydrogen-bond donors (Lipinski definition) is 3. The Labute approximate surface area is 144 Å². The van der Waals surface area contributed by atoms with E-state index in [1.165, 1.54) is 0 Å². The number of nitrogens with zero attached hydrogens (tertiary/aromatic N) is 5. The third kappa shape index (κ3) is 4.06. The lowest BCUT2D eigenvalue weighted by Crippen LogP contribution is -2.40. The van der Waals surface area contributed by atoms with Crippen molar-refractivity contribution in [2.24, 2.45) is 5.73 Å². The van der Waals surface area contributed by atoms with Gasteiger partial charge >= 0.3 is 11.7 Å². The van der Waals surface area contributed by atoms with Gasteiger partial charge in [0, 0.05) is 13.3 Å². The molecular weight excluding hydrogens is 350 g/mol. The number of hydrogen-bond acceptors (Lipinski definition) is 8. The van der Waals surface area contributed by atoms with Crippen LogP contribution in [-0.2, 0) is 20.9 Å². The second-order valence-corrected chi connectivity index (χ2v) is 5.35. The fourth-order valence-electron chi connectivity index (χ4n) is 2.16. The molecular formula is C13H15N7O6. The number of rotatable bonds is 8. The number of imidazole rings is 1. The van der Waals surface area contributed by atoms with Crippen molar-refractivity contribution in [3.8, 4) is 0 Å². The Morgan fingerprint density at radius 1 is 1.35 bits per heavy atom. The molecule has 2 rings (SSSR count). The zero-order valence-electron chi connectivity index (χ0n) is 13.6. The Balaban J connectivity index is 2.10. The van der Waals surface area contributed by atoms with Gasteiger partial charge in [0.15, 0.2) is 17.1 Å². The van der Waals surface area contributed by atoms with Crippen LogP contribution >= 0.6 is 0 Å². The summed E-state index contributed by atoms with van der Waals surface area (Å²) < 4.78 is 1.66. The third-order valence-corrected chi connectivity index (χ3v) is 3.36. The molecule has 0 aliphatic carbocycles. The number of ketones is 1. The molecule has 2 amide bonds. The van der Waals surface area contributed by atoms with E-state index in [-0.39, 0.29) is 24.2 Å². The van der Waals surface area contributed by atoms with Gasteiger partial charge in [0.05, 0.1) is 0 Å². The van der Waals surface area contributed by atoms with Crippen LogP contribution in [0.5, 0.6) is 0 Å². The van der Waals surface area contributed by atoms with E-state index in [0.717, 1.165) is 22.3 Å². The van der Waals surface area contributed by atoms with Gasteiger partial charge in [-0.3, -0.25) is 14.4 Å². The fourth-order valence-corrected chi connectivity index (χ4v) is 2.16. The number of nitrogens with two attached hydrogens (primary N) is 1. The fraction of sp³-hybridized carbons (Fsp3) is 0.385. The first-order chi connectivity index (χ1) is 12.2. The molecule has 0 saturated carbocycles. The van der Waals surface area contributed by atoms with Crippen LogP contribution in [0.4, 0.5) is 0 Å². The van der Waals surface area contributed by atoms with Gasteiger partial charge in [0.2, 0.25) is 5.91 Å². The molecule has 0 radical (unpaired) electrons. The molecule has 0 aliphatic rings. The number of fused-ring (bicyclic) bond motifs is 1. The summed E-state index contributed by atoms with van der Waals surface area (Å²) in [5.74, 6) is -3.19. The molecule has 0 spiro atoms. The van der Waals surface area contributed by atoms with Crippen molar-refractivity contribution in [3.05, 3.63) is 22.5 Å². The summed E-state index contributed by atoms with van der Waals surface area (Å²) in [5, 5.41) is 18.4. The number of amides is 2. The van der Waals surface area contributed by atoms with Gasteiger partial charge in [-0.25, -0.2) is 19.0 Å². The number of carbonyl (C=O) groups is 4. The van der Waals surface area contributed by atoms with Crippen molar-refractivity contribution >= 4 is 29.2 Å². The average molecular weight is 365 g/mol. The normalized spacial score (nSPS) is 11.9. The summed E-state index contributed by atoms with van der Waals surface area (Å²) in [5.41, 5.74) is 3.97. The van der Waals surface area contributed by atoms with E-state index in [2.05, 4.69) is 20.6 Å². The maximum Gasteiger partial charge on any atom is 0.353 e. The molecule has 0 saturated heterocycles. The first-order valence-electron chi connectivity index (χ1n) is 7.33. The molecule has 13 nitrogen and oxygen atoms in total. The number of Topliss-reactive ketones (excluding diaryl/α,β-unsaturated/α-hetero) is 1. The Morgan fingerprint density at radius 3 is 2.62 bits per heavy atom. The Hall–Kier alpha value is -3.64. The van der Waals surface area contributed by atoms with E-state index in [0.29, 0.717) is 0 Å². The summed E-state index contributed by atoms with van der Waals surface area (Å²) >= 11 is 0. The second kappa shape index (κ2) is 7.50. The maximum atomic E-state index is 12.2. The molecule has 2 aromatic rings. The molecule has 13 heteroatoms. The van der Waals surface area contributed by atoms with Crippen LogP contribution in [-0.4, -0.2) is 59.1 Å².